The summed E-state index contributed by atoms with van der Waals surface area (Å²) in [5.41, 5.74) is 0. The minimum atomic E-state index is -1.12. The maximum Gasteiger partial charge on any atom is 0.183 e. The number of aliphatic hydroxyl groups excluding tert-OH is 2. The fraction of sp³-hybridized carbons (Fsp3) is 0.812. The number of aliphatic hydroxyl groups is 2. The summed E-state index contributed by atoms with van der Waals surface area (Å²) in [7, 11) is 0. The molecular formula is C16H31NO5. The standard InChI is InChI=1S/C16H31NO5/c1-2-3-4-5-6-7-14-22-15-17(10-12-18,11-13-19)9-8-16(20)21/h3-4,18-19H,2,5-15H2,1H3/b4-3+. The molecule has 130 valence electrons. The van der Waals surface area contributed by atoms with Gasteiger partial charge in [0.1, 0.15) is 13.1 Å². The number of hydrogen-bond acceptors (Lipinski definition) is 5. The van der Waals surface area contributed by atoms with Crippen LogP contribution in [0.1, 0.15) is 39.0 Å². The molecule has 0 spiro atoms. The van der Waals surface area contributed by atoms with Crippen molar-refractivity contribution in [2.75, 3.05) is 46.2 Å². The average Bonchev–Trinajstić information content (AvgIpc) is 2.48. The fourth-order valence-corrected chi connectivity index (χ4v) is 2.29. The average molecular weight is 317 g/mol. The molecule has 22 heavy (non-hydrogen) atoms. The molecule has 0 fully saturated rings. The summed E-state index contributed by atoms with van der Waals surface area (Å²) < 4.78 is 5.90. The molecule has 2 N–H and O–H groups in total. The molecule has 0 bridgehead atoms. The minimum absolute atomic E-state index is 0.0712. The first-order valence-electron chi connectivity index (χ1n) is 8.09. The lowest BCUT2D eigenvalue weighted by atomic mass is 10.2. The Balaban J connectivity index is 4.15. The molecule has 0 aromatic rings. The topological polar surface area (TPSA) is 89.8 Å². The Labute approximate surface area is 133 Å². The highest BCUT2D eigenvalue weighted by atomic mass is 16.5. The highest BCUT2D eigenvalue weighted by molar-refractivity contribution is 5.64. The van der Waals surface area contributed by atoms with Gasteiger partial charge in [-0.1, -0.05) is 19.1 Å². The third-order valence-electron chi connectivity index (χ3n) is 3.62. The Morgan fingerprint density at radius 2 is 1.82 bits per heavy atom. The Morgan fingerprint density at radius 3 is 2.36 bits per heavy atom. The second kappa shape index (κ2) is 13.7. The lowest BCUT2D eigenvalue weighted by Crippen LogP contribution is -2.54. The number of hydrogen-bond donors (Lipinski definition) is 2. The quantitative estimate of drug-likeness (QED) is 0.193. The number of quaternary nitrogens is 1. The molecule has 0 saturated heterocycles. The van der Waals surface area contributed by atoms with Crippen LogP contribution in [0, 0.1) is 0 Å². The summed E-state index contributed by atoms with van der Waals surface area (Å²) in [6, 6.07) is 0. The molecule has 0 radical (unpaired) electrons. The van der Waals surface area contributed by atoms with Crippen molar-refractivity contribution < 1.29 is 29.3 Å². The normalized spacial score (nSPS) is 12.1. The van der Waals surface area contributed by atoms with E-state index in [9.17, 15) is 20.1 Å². The predicted molar refractivity (Wildman–Crippen MR) is 82.8 cm³/mol. The number of carbonyl (C=O) groups is 1. The van der Waals surface area contributed by atoms with E-state index in [4.69, 9.17) is 4.74 Å². The van der Waals surface area contributed by atoms with Crippen LogP contribution in [0.4, 0.5) is 0 Å². The van der Waals surface area contributed by atoms with Crippen molar-refractivity contribution in [3.63, 3.8) is 0 Å². The number of allylic oxidation sites excluding steroid dienone is 2. The van der Waals surface area contributed by atoms with Crippen LogP contribution in [-0.4, -0.2) is 66.9 Å². The summed E-state index contributed by atoms with van der Waals surface area (Å²) in [6.07, 6.45) is 8.28. The number of ether oxygens (including phenoxy) is 1. The van der Waals surface area contributed by atoms with Gasteiger partial charge in [-0.25, -0.2) is 0 Å². The summed E-state index contributed by atoms with van der Waals surface area (Å²) in [6.45, 7) is 3.90. The van der Waals surface area contributed by atoms with E-state index >= 15 is 0 Å². The van der Waals surface area contributed by atoms with Crippen LogP contribution < -0.4 is 5.11 Å². The predicted octanol–water partition coefficient (Wildman–Crippen LogP) is 0.0384. The van der Waals surface area contributed by atoms with Crippen LogP contribution in [0.2, 0.25) is 0 Å². The zero-order valence-corrected chi connectivity index (χ0v) is 13.7. The number of unbranched alkanes of at least 4 members (excludes halogenated alkanes) is 2. The molecule has 0 atom stereocenters. The van der Waals surface area contributed by atoms with Crippen LogP contribution in [0.5, 0.6) is 0 Å². The van der Waals surface area contributed by atoms with E-state index < -0.39 is 5.97 Å². The van der Waals surface area contributed by atoms with Crippen molar-refractivity contribution >= 4 is 5.97 Å². The van der Waals surface area contributed by atoms with Gasteiger partial charge in [0.25, 0.3) is 0 Å². The second-order valence-electron chi connectivity index (χ2n) is 5.49. The smallest absolute Gasteiger partial charge is 0.183 e. The molecule has 6 nitrogen and oxygen atoms in total. The Kier molecular flexibility index (Phi) is 13.1. The Morgan fingerprint density at radius 1 is 1.14 bits per heavy atom. The van der Waals surface area contributed by atoms with Gasteiger partial charge in [0.05, 0.1) is 26.4 Å². The van der Waals surface area contributed by atoms with E-state index in [1.54, 1.807) is 0 Å². The minimum Gasteiger partial charge on any atom is -0.550 e. The number of aliphatic carboxylic acids is 1. The highest BCUT2D eigenvalue weighted by Crippen LogP contribution is 2.09. The number of carboxylic acid groups (broad SMARTS) is 1. The first-order chi connectivity index (χ1) is 10.6. The van der Waals surface area contributed by atoms with Gasteiger partial charge in [0, 0.05) is 12.4 Å². The van der Waals surface area contributed by atoms with Gasteiger partial charge in [-0.2, -0.15) is 0 Å². The van der Waals surface area contributed by atoms with Gasteiger partial charge in [-0.05, 0) is 25.7 Å². The molecule has 0 aromatic heterocycles. The van der Waals surface area contributed by atoms with E-state index in [0.29, 0.717) is 33.0 Å². The molecule has 0 unspecified atom stereocenters. The van der Waals surface area contributed by atoms with E-state index in [-0.39, 0.29) is 24.1 Å². The van der Waals surface area contributed by atoms with Gasteiger partial charge in [-0.15, -0.1) is 0 Å². The van der Waals surface area contributed by atoms with Crippen LogP contribution in [0.15, 0.2) is 12.2 Å². The SMILES string of the molecule is CC/C=C/CCCCOC[N+](CCO)(CCO)CCC(=O)[O-]. The van der Waals surface area contributed by atoms with Crippen molar-refractivity contribution in [2.24, 2.45) is 0 Å². The number of rotatable bonds is 15. The zero-order valence-electron chi connectivity index (χ0n) is 13.7. The van der Waals surface area contributed by atoms with Crippen molar-refractivity contribution in [2.45, 2.75) is 39.0 Å². The lowest BCUT2D eigenvalue weighted by molar-refractivity contribution is -0.946. The van der Waals surface area contributed by atoms with E-state index in [2.05, 4.69) is 19.1 Å². The van der Waals surface area contributed by atoms with Crippen molar-refractivity contribution in [1.29, 1.82) is 0 Å². The van der Waals surface area contributed by atoms with E-state index in [0.717, 1.165) is 25.7 Å². The van der Waals surface area contributed by atoms with Gasteiger partial charge in [-0.3, -0.25) is 4.48 Å². The van der Waals surface area contributed by atoms with E-state index in [1.165, 1.54) is 0 Å². The third kappa shape index (κ3) is 10.7. The molecule has 0 aliphatic rings. The van der Waals surface area contributed by atoms with Crippen molar-refractivity contribution in [1.82, 2.24) is 0 Å². The molecule has 0 aliphatic heterocycles. The molecule has 0 saturated carbocycles. The first kappa shape index (κ1) is 21.0. The number of carbonyl (C=O) groups excluding carboxylic acids is 1. The van der Waals surface area contributed by atoms with Crippen LogP contribution in [-0.2, 0) is 9.53 Å². The van der Waals surface area contributed by atoms with Crippen molar-refractivity contribution in [3.05, 3.63) is 12.2 Å². The maximum atomic E-state index is 10.7. The summed E-state index contributed by atoms with van der Waals surface area (Å²) >= 11 is 0. The number of nitrogens with zero attached hydrogens (tertiary/aromatic N) is 1. The van der Waals surface area contributed by atoms with Crippen LogP contribution in [0.3, 0.4) is 0 Å². The van der Waals surface area contributed by atoms with Gasteiger partial charge >= 0.3 is 0 Å². The van der Waals surface area contributed by atoms with E-state index in [1.807, 2.05) is 0 Å². The maximum absolute atomic E-state index is 10.7. The molecule has 0 aromatic carbocycles. The van der Waals surface area contributed by atoms with Crippen LogP contribution in [0.25, 0.3) is 0 Å². The summed E-state index contributed by atoms with van der Waals surface area (Å²) in [4.78, 5) is 10.7. The molecule has 0 aliphatic carbocycles. The molecule has 0 amide bonds. The third-order valence-corrected chi connectivity index (χ3v) is 3.62. The largest absolute Gasteiger partial charge is 0.550 e. The summed E-state index contributed by atoms with van der Waals surface area (Å²) in [5.74, 6) is -1.12. The van der Waals surface area contributed by atoms with Crippen LogP contribution >= 0.6 is 0 Å². The van der Waals surface area contributed by atoms with Gasteiger partial charge in [0.2, 0.25) is 0 Å². The molecular weight excluding hydrogens is 286 g/mol. The van der Waals surface area contributed by atoms with Gasteiger partial charge < -0.3 is 24.9 Å². The summed E-state index contributed by atoms with van der Waals surface area (Å²) in [5, 5.41) is 29.0. The monoisotopic (exact) mass is 317 g/mol. The molecule has 6 heteroatoms. The Bertz CT molecular complexity index is 301. The highest BCUT2D eigenvalue weighted by Gasteiger charge is 2.26. The molecule has 0 heterocycles. The molecule has 0 rings (SSSR count). The van der Waals surface area contributed by atoms with Gasteiger partial charge in [0.15, 0.2) is 6.73 Å². The fourth-order valence-electron chi connectivity index (χ4n) is 2.29. The lowest BCUT2D eigenvalue weighted by Gasteiger charge is -2.37. The number of carboxylic acids is 1. The van der Waals surface area contributed by atoms with Crippen molar-refractivity contribution in [3.8, 4) is 0 Å². The zero-order chi connectivity index (χ0) is 16.7. The Hall–Kier alpha value is -0.950. The first-order valence-corrected chi connectivity index (χ1v) is 8.09. The second-order valence-corrected chi connectivity index (χ2v) is 5.49.